The zero-order valence-electron chi connectivity index (χ0n) is 17.1. The van der Waals surface area contributed by atoms with Crippen LogP contribution < -0.4 is 19.5 Å². The van der Waals surface area contributed by atoms with Crippen molar-refractivity contribution in [2.24, 2.45) is 0 Å². The smallest absolute Gasteiger partial charge is 0.262 e. The number of hydrogen-bond donors (Lipinski definition) is 2. The molecule has 2 N–H and O–H groups in total. The number of amides is 1. The number of carbonyl (C=O) groups is 1. The maximum Gasteiger partial charge on any atom is 0.262 e. The van der Waals surface area contributed by atoms with Crippen LogP contribution in [-0.4, -0.2) is 27.5 Å². The Balaban J connectivity index is 1.58. The molecule has 1 aliphatic rings. The lowest BCUT2D eigenvalue weighted by atomic mass is 10.1. The quantitative estimate of drug-likeness (QED) is 0.625. The minimum absolute atomic E-state index is 0.0468. The van der Waals surface area contributed by atoms with Crippen LogP contribution in [-0.2, 0) is 10.0 Å². The van der Waals surface area contributed by atoms with Gasteiger partial charge in [0.1, 0.15) is 13.2 Å². The summed E-state index contributed by atoms with van der Waals surface area (Å²) in [5, 5.41) is 2.78. The molecular weight excluding hydrogens is 416 g/mol. The van der Waals surface area contributed by atoms with Gasteiger partial charge >= 0.3 is 0 Å². The molecule has 1 amide bonds. The van der Waals surface area contributed by atoms with Crippen molar-refractivity contribution in [3.05, 3.63) is 77.4 Å². The van der Waals surface area contributed by atoms with Gasteiger partial charge in [-0.2, -0.15) is 0 Å². The first-order valence-electron chi connectivity index (χ1n) is 9.73. The molecule has 0 aliphatic carbocycles. The SMILES string of the molecule is Cc1ccccc1NS(=O)(=O)c1cc(C(=O)Nc2ccc3c(c2)OCCO3)ccc1C. The van der Waals surface area contributed by atoms with E-state index in [-0.39, 0.29) is 10.5 Å². The number of para-hydroxylation sites is 1. The Morgan fingerprint density at radius 3 is 2.39 bits per heavy atom. The van der Waals surface area contributed by atoms with Gasteiger partial charge in [0.05, 0.1) is 10.6 Å². The highest BCUT2D eigenvalue weighted by atomic mass is 32.2. The molecule has 0 aromatic heterocycles. The maximum absolute atomic E-state index is 13.0. The molecule has 8 heteroatoms. The number of rotatable bonds is 5. The van der Waals surface area contributed by atoms with Gasteiger partial charge in [0.25, 0.3) is 15.9 Å². The van der Waals surface area contributed by atoms with E-state index < -0.39 is 15.9 Å². The van der Waals surface area contributed by atoms with Crippen LogP contribution in [0.25, 0.3) is 0 Å². The monoisotopic (exact) mass is 438 g/mol. The summed E-state index contributed by atoms with van der Waals surface area (Å²) < 4.78 is 39.6. The van der Waals surface area contributed by atoms with E-state index in [1.807, 2.05) is 19.1 Å². The van der Waals surface area contributed by atoms with Gasteiger partial charge in [-0.25, -0.2) is 8.42 Å². The standard InChI is InChI=1S/C23H22N2O5S/c1-15-5-3-4-6-19(15)25-31(27,28)22-13-17(8-7-16(22)2)23(26)24-18-9-10-20-21(14-18)30-12-11-29-20/h3-10,13-14,25H,11-12H2,1-2H3,(H,24,26). The van der Waals surface area contributed by atoms with Crippen LogP contribution in [0.15, 0.2) is 65.6 Å². The second-order valence-corrected chi connectivity index (χ2v) is 8.86. The van der Waals surface area contributed by atoms with Gasteiger partial charge in [-0.05, 0) is 55.3 Å². The third kappa shape index (κ3) is 4.49. The van der Waals surface area contributed by atoms with Crippen LogP contribution >= 0.6 is 0 Å². The fourth-order valence-electron chi connectivity index (χ4n) is 3.24. The molecule has 7 nitrogen and oxygen atoms in total. The molecule has 3 aromatic rings. The number of nitrogens with one attached hydrogen (secondary N) is 2. The van der Waals surface area contributed by atoms with Crippen LogP contribution in [0.3, 0.4) is 0 Å². The first-order valence-corrected chi connectivity index (χ1v) is 11.2. The maximum atomic E-state index is 13.0. The average molecular weight is 439 g/mol. The molecule has 0 saturated heterocycles. The fraction of sp³-hybridized carbons (Fsp3) is 0.174. The lowest BCUT2D eigenvalue weighted by Gasteiger charge is -2.19. The topological polar surface area (TPSA) is 93.7 Å². The van der Waals surface area contributed by atoms with Crippen molar-refractivity contribution < 1.29 is 22.7 Å². The summed E-state index contributed by atoms with van der Waals surface area (Å²) in [6, 6.07) is 16.8. The number of anilines is 2. The third-order valence-electron chi connectivity index (χ3n) is 4.93. The molecule has 31 heavy (non-hydrogen) atoms. The molecule has 160 valence electrons. The highest BCUT2D eigenvalue weighted by Gasteiger charge is 2.20. The van der Waals surface area contributed by atoms with Gasteiger partial charge in [0.15, 0.2) is 11.5 Å². The van der Waals surface area contributed by atoms with Crippen molar-refractivity contribution in [2.75, 3.05) is 23.3 Å². The first kappa shape index (κ1) is 20.7. The molecule has 0 spiro atoms. The van der Waals surface area contributed by atoms with E-state index in [0.29, 0.717) is 41.7 Å². The Morgan fingerprint density at radius 1 is 0.871 bits per heavy atom. The molecule has 0 saturated carbocycles. The number of aryl methyl sites for hydroxylation is 2. The van der Waals surface area contributed by atoms with Crippen LogP contribution in [0, 0.1) is 13.8 Å². The Hall–Kier alpha value is -3.52. The summed E-state index contributed by atoms with van der Waals surface area (Å²) in [4.78, 5) is 12.8. The molecule has 4 rings (SSSR count). The molecule has 0 bridgehead atoms. The second-order valence-electron chi connectivity index (χ2n) is 7.21. The van der Waals surface area contributed by atoms with Crippen molar-refractivity contribution >= 4 is 27.3 Å². The van der Waals surface area contributed by atoms with Crippen LogP contribution in [0.2, 0.25) is 0 Å². The van der Waals surface area contributed by atoms with E-state index in [0.717, 1.165) is 5.56 Å². The number of hydrogen-bond acceptors (Lipinski definition) is 5. The number of fused-ring (bicyclic) bond motifs is 1. The number of ether oxygens (including phenoxy) is 2. The molecule has 3 aromatic carbocycles. The summed E-state index contributed by atoms with van der Waals surface area (Å²) in [5.41, 5.74) is 2.59. The van der Waals surface area contributed by atoms with E-state index in [9.17, 15) is 13.2 Å². The summed E-state index contributed by atoms with van der Waals surface area (Å²) >= 11 is 0. The van der Waals surface area contributed by atoms with Crippen molar-refractivity contribution in [3.8, 4) is 11.5 Å². The van der Waals surface area contributed by atoms with Crippen molar-refractivity contribution in [1.29, 1.82) is 0 Å². The normalized spacial score (nSPS) is 12.8. The molecule has 0 radical (unpaired) electrons. The molecular formula is C23H22N2O5S. The largest absolute Gasteiger partial charge is 0.486 e. The number of sulfonamides is 1. The number of benzene rings is 3. The Morgan fingerprint density at radius 2 is 1.61 bits per heavy atom. The lowest BCUT2D eigenvalue weighted by molar-refractivity contribution is 0.102. The van der Waals surface area contributed by atoms with Gasteiger partial charge in [-0.15, -0.1) is 0 Å². The van der Waals surface area contributed by atoms with Gasteiger partial charge in [0, 0.05) is 17.3 Å². The highest BCUT2D eigenvalue weighted by Crippen LogP contribution is 2.33. The molecule has 0 unspecified atom stereocenters. The van der Waals surface area contributed by atoms with Gasteiger partial charge in [0.2, 0.25) is 0 Å². The van der Waals surface area contributed by atoms with Crippen molar-refractivity contribution in [1.82, 2.24) is 0 Å². The summed E-state index contributed by atoms with van der Waals surface area (Å²) in [6.45, 7) is 4.43. The summed E-state index contributed by atoms with van der Waals surface area (Å²) in [6.07, 6.45) is 0. The number of carbonyl (C=O) groups excluding carboxylic acids is 1. The van der Waals surface area contributed by atoms with Crippen molar-refractivity contribution in [2.45, 2.75) is 18.7 Å². The van der Waals surface area contributed by atoms with Crippen LogP contribution in [0.4, 0.5) is 11.4 Å². The minimum atomic E-state index is -3.87. The fourth-order valence-corrected chi connectivity index (χ4v) is 4.64. The van der Waals surface area contributed by atoms with E-state index in [2.05, 4.69) is 10.0 Å². The Bertz CT molecular complexity index is 1250. The van der Waals surface area contributed by atoms with E-state index >= 15 is 0 Å². The van der Waals surface area contributed by atoms with Crippen molar-refractivity contribution in [3.63, 3.8) is 0 Å². The predicted molar refractivity (Wildman–Crippen MR) is 119 cm³/mol. The minimum Gasteiger partial charge on any atom is -0.486 e. The molecule has 0 atom stereocenters. The Kier molecular flexibility index (Phi) is 5.56. The predicted octanol–water partition coefficient (Wildman–Crippen LogP) is 4.13. The third-order valence-corrected chi connectivity index (χ3v) is 6.44. The molecule has 1 heterocycles. The first-order chi connectivity index (χ1) is 14.8. The van der Waals surface area contributed by atoms with E-state index in [1.54, 1.807) is 49.4 Å². The summed E-state index contributed by atoms with van der Waals surface area (Å²) in [5.74, 6) is 0.748. The Labute approximate surface area is 181 Å². The highest BCUT2D eigenvalue weighted by molar-refractivity contribution is 7.92. The zero-order chi connectivity index (χ0) is 22.0. The second kappa shape index (κ2) is 8.31. The van der Waals surface area contributed by atoms with Gasteiger partial charge in [-0.1, -0.05) is 24.3 Å². The average Bonchev–Trinajstić information content (AvgIpc) is 2.75. The summed E-state index contributed by atoms with van der Waals surface area (Å²) in [7, 11) is -3.87. The molecule has 0 fully saturated rings. The van der Waals surface area contributed by atoms with Gasteiger partial charge in [-0.3, -0.25) is 9.52 Å². The van der Waals surface area contributed by atoms with E-state index in [1.165, 1.54) is 6.07 Å². The lowest BCUT2D eigenvalue weighted by Crippen LogP contribution is -2.18. The van der Waals surface area contributed by atoms with Gasteiger partial charge < -0.3 is 14.8 Å². The zero-order valence-corrected chi connectivity index (χ0v) is 18.0. The van der Waals surface area contributed by atoms with Crippen LogP contribution in [0.5, 0.6) is 11.5 Å². The molecule has 1 aliphatic heterocycles. The van der Waals surface area contributed by atoms with E-state index in [4.69, 9.17) is 9.47 Å². The van der Waals surface area contributed by atoms with Crippen LogP contribution in [0.1, 0.15) is 21.5 Å².